The summed E-state index contributed by atoms with van der Waals surface area (Å²) < 4.78 is 28.7. The van der Waals surface area contributed by atoms with Crippen LogP contribution in [-0.4, -0.2) is 15.0 Å². The van der Waals surface area contributed by atoms with Crippen LogP contribution in [0.2, 0.25) is 0 Å². The smallest absolute Gasteiger partial charge is 0.213 e. The molecule has 16 heavy (non-hydrogen) atoms. The number of benzene rings is 1. The zero-order chi connectivity index (χ0) is 12.3. The molecule has 1 aromatic rings. The van der Waals surface area contributed by atoms with E-state index in [1.165, 1.54) is 0 Å². The standard InChI is InChI=1S/C9H11Br2NO3S/c1-2-15-9-7(10)3-6(4-8(9)11)5-16(12,13)14/h3-4H,2,5H2,1H3,(H2,12,13,14). The summed E-state index contributed by atoms with van der Waals surface area (Å²) in [4.78, 5) is 0. The van der Waals surface area contributed by atoms with Crippen LogP contribution in [0, 0.1) is 0 Å². The summed E-state index contributed by atoms with van der Waals surface area (Å²) in [6.07, 6.45) is 0. The molecule has 0 spiro atoms. The molecule has 7 heteroatoms. The second kappa shape index (κ2) is 5.48. The monoisotopic (exact) mass is 371 g/mol. The Morgan fingerprint density at radius 1 is 1.31 bits per heavy atom. The van der Waals surface area contributed by atoms with Gasteiger partial charge in [-0.2, -0.15) is 0 Å². The van der Waals surface area contributed by atoms with Gasteiger partial charge in [-0.1, -0.05) is 0 Å². The van der Waals surface area contributed by atoms with Gasteiger partial charge in [-0.3, -0.25) is 0 Å². The molecule has 0 saturated carbocycles. The maximum atomic E-state index is 10.9. The van der Waals surface area contributed by atoms with Crippen molar-refractivity contribution in [1.82, 2.24) is 0 Å². The topological polar surface area (TPSA) is 69.4 Å². The van der Waals surface area contributed by atoms with Crippen LogP contribution in [0.5, 0.6) is 5.75 Å². The molecule has 0 amide bonds. The molecule has 0 aromatic heterocycles. The van der Waals surface area contributed by atoms with Crippen molar-refractivity contribution in [3.63, 3.8) is 0 Å². The van der Waals surface area contributed by atoms with Crippen molar-refractivity contribution in [2.45, 2.75) is 12.7 Å². The lowest BCUT2D eigenvalue weighted by atomic mass is 10.2. The first-order valence-electron chi connectivity index (χ1n) is 4.44. The van der Waals surface area contributed by atoms with Crippen molar-refractivity contribution < 1.29 is 13.2 Å². The van der Waals surface area contributed by atoms with E-state index in [1.807, 2.05) is 6.92 Å². The zero-order valence-electron chi connectivity index (χ0n) is 8.54. The van der Waals surface area contributed by atoms with Crippen LogP contribution in [-0.2, 0) is 15.8 Å². The first-order valence-corrected chi connectivity index (χ1v) is 7.75. The summed E-state index contributed by atoms with van der Waals surface area (Å²) in [7, 11) is -3.52. The van der Waals surface area contributed by atoms with Crippen LogP contribution in [0.1, 0.15) is 12.5 Å². The third-order valence-corrected chi connectivity index (χ3v) is 3.63. The summed E-state index contributed by atoms with van der Waals surface area (Å²) in [5, 5.41) is 4.97. The third-order valence-electron chi connectivity index (χ3n) is 1.71. The minimum absolute atomic E-state index is 0.198. The van der Waals surface area contributed by atoms with Gasteiger partial charge in [0.2, 0.25) is 10.0 Å². The Kier molecular flexibility index (Phi) is 4.78. The van der Waals surface area contributed by atoms with Crippen molar-refractivity contribution in [1.29, 1.82) is 0 Å². The lowest BCUT2D eigenvalue weighted by Gasteiger charge is -2.10. The number of ether oxygens (including phenoxy) is 1. The normalized spacial score (nSPS) is 11.5. The maximum Gasteiger partial charge on any atom is 0.213 e. The molecule has 0 heterocycles. The molecule has 2 N–H and O–H groups in total. The molecule has 0 saturated heterocycles. The van der Waals surface area contributed by atoms with Crippen LogP contribution in [0.4, 0.5) is 0 Å². The summed E-state index contributed by atoms with van der Waals surface area (Å²) in [5.74, 6) is 0.456. The Hall–Kier alpha value is -0.110. The quantitative estimate of drug-likeness (QED) is 0.882. The van der Waals surface area contributed by atoms with Crippen LogP contribution in [0.3, 0.4) is 0 Å². The first kappa shape index (κ1) is 14.0. The highest BCUT2D eigenvalue weighted by molar-refractivity contribution is 9.11. The predicted molar refractivity (Wildman–Crippen MR) is 69.8 cm³/mol. The van der Waals surface area contributed by atoms with Gasteiger partial charge in [0.05, 0.1) is 21.3 Å². The van der Waals surface area contributed by atoms with E-state index in [2.05, 4.69) is 31.9 Å². The van der Waals surface area contributed by atoms with Gasteiger partial charge in [0, 0.05) is 0 Å². The fourth-order valence-corrected chi connectivity index (χ4v) is 3.35. The Labute approximate surface area is 111 Å². The van der Waals surface area contributed by atoms with Gasteiger partial charge in [0.1, 0.15) is 5.75 Å². The highest BCUT2D eigenvalue weighted by Crippen LogP contribution is 2.35. The van der Waals surface area contributed by atoms with Crippen molar-refractivity contribution in [2.75, 3.05) is 6.61 Å². The van der Waals surface area contributed by atoms with E-state index >= 15 is 0 Å². The van der Waals surface area contributed by atoms with Gasteiger partial charge >= 0.3 is 0 Å². The molecule has 1 rings (SSSR count). The maximum absolute atomic E-state index is 10.9. The fourth-order valence-electron chi connectivity index (χ4n) is 1.21. The van der Waals surface area contributed by atoms with Gasteiger partial charge < -0.3 is 4.74 Å². The van der Waals surface area contributed by atoms with Crippen molar-refractivity contribution in [3.8, 4) is 5.75 Å². The molecular weight excluding hydrogens is 362 g/mol. The van der Waals surface area contributed by atoms with Crippen LogP contribution in [0.15, 0.2) is 21.1 Å². The highest BCUT2D eigenvalue weighted by Gasteiger charge is 2.11. The molecule has 0 fully saturated rings. The van der Waals surface area contributed by atoms with Gasteiger partial charge in [-0.25, -0.2) is 13.6 Å². The minimum Gasteiger partial charge on any atom is -0.492 e. The lowest BCUT2D eigenvalue weighted by molar-refractivity contribution is 0.336. The number of nitrogens with two attached hydrogens (primary N) is 1. The number of sulfonamides is 1. The van der Waals surface area contributed by atoms with Crippen molar-refractivity contribution >= 4 is 41.9 Å². The molecular formula is C9H11Br2NO3S. The molecule has 0 aliphatic rings. The third kappa shape index (κ3) is 4.04. The molecule has 4 nitrogen and oxygen atoms in total. The van der Waals surface area contributed by atoms with Crippen LogP contribution >= 0.6 is 31.9 Å². The van der Waals surface area contributed by atoms with Gasteiger partial charge in [-0.15, -0.1) is 0 Å². The summed E-state index contributed by atoms with van der Waals surface area (Å²) >= 11 is 6.63. The van der Waals surface area contributed by atoms with E-state index in [1.54, 1.807) is 12.1 Å². The molecule has 0 aliphatic heterocycles. The molecule has 0 radical (unpaired) electrons. The summed E-state index contributed by atoms with van der Waals surface area (Å²) in [6, 6.07) is 3.36. The largest absolute Gasteiger partial charge is 0.492 e. The Balaban J connectivity index is 3.09. The predicted octanol–water partition coefficient (Wildman–Crippen LogP) is 2.40. The van der Waals surface area contributed by atoms with E-state index in [9.17, 15) is 8.42 Å². The van der Waals surface area contributed by atoms with E-state index in [-0.39, 0.29) is 5.75 Å². The fraction of sp³-hybridized carbons (Fsp3) is 0.333. The first-order chi connectivity index (χ1) is 7.33. The van der Waals surface area contributed by atoms with Gasteiger partial charge in [-0.05, 0) is 56.5 Å². The van der Waals surface area contributed by atoms with Crippen molar-refractivity contribution in [3.05, 3.63) is 26.6 Å². The van der Waals surface area contributed by atoms with Gasteiger partial charge in [0.15, 0.2) is 0 Å². The molecule has 0 aliphatic carbocycles. The number of hydrogen-bond acceptors (Lipinski definition) is 3. The summed E-state index contributed by atoms with van der Waals surface area (Å²) in [5.41, 5.74) is 0.602. The Morgan fingerprint density at radius 2 is 1.81 bits per heavy atom. The molecule has 0 unspecified atom stereocenters. The molecule has 90 valence electrons. The second-order valence-corrected chi connectivity index (χ2v) is 6.45. The molecule has 0 atom stereocenters. The average molecular weight is 373 g/mol. The zero-order valence-corrected chi connectivity index (χ0v) is 12.5. The Bertz CT molecular complexity index is 465. The summed E-state index contributed by atoms with van der Waals surface area (Å²) in [6.45, 7) is 2.41. The van der Waals surface area contributed by atoms with E-state index in [0.29, 0.717) is 26.9 Å². The average Bonchev–Trinajstić information content (AvgIpc) is 2.08. The number of primary sulfonamides is 1. The molecule has 1 aromatic carbocycles. The van der Waals surface area contributed by atoms with Crippen LogP contribution < -0.4 is 9.88 Å². The van der Waals surface area contributed by atoms with Crippen molar-refractivity contribution in [2.24, 2.45) is 5.14 Å². The minimum atomic E-state index is -3.52. The molecule has 0 bridgehead atoms. The Morgan fingerprint density at radius 3 is 2.19 bits per heavy atom. The number of halogens is 2. The van der Waals surface area contributed by atoms with E-state index in [0.717, 1.165) is 0 Å². The van der Waals surface area contributed by atoms with E-state index < -0.39 is 10.0 Å². The van der Waals surface area contributed by atoms with Crippen LogP contribution in [0.25, 0.3) is 0 Å². The van der Waals surface area contributed by atoms with Gasteiger partial charge in [0.25, 0.3) is 0 Å². The second-order valence-electron chi connectivity index (χ2n) is 3.13. The lowest BCUT2D eigenvalue weighted by Crippen LogP contribution is -2.14. The highest BCUT2D eigenvalue weighted by atomic mass is 79.9. The van der Waals surface area contributed by atoms with E-state index in [4.69, 9.17) is 9.88 Å². The number of hydrogen-bond donors (Lipinski definition) is 1. The number of rotatable bonds is 4. The SMILES string of the molecule is CCOc1c(Br)cc(CS(N)(=O)=O)cc1Br.